The molecule has 52 valence electrons. The van der Waals surface area contributed by atoms with Gasteiger partial charge in [-0.15, -0.1) is 0 Å². The van der Waals surface area contributed by atoms with Crippen LogP contribution >= 0.6 is 0 Å². The summed E-state index contributed by atoms with van der Waals surface area (Å²) >= 11 is 0. The van der Waals surface area contributed by atoms with Crippen molar-refractivity contribution in [1.29, 1.82) is 0 Å². The Labute approximate surface area is 54.6 Å². The third-order valence-corrected chi connectivity index (χ3v) is 2.41. The number of halogens is 1. The van der Waals surface area contributed by atoms with Crippen molar-refractivity contribution in [2.24, 2.45) is 0 Å². The van der Waals surface area contributed by atoms with Gasteiger partial charge in [0.15, 0.2) is 0 Å². The minimum absolute atomic E-state index is 0.206. The van der Waals surface area contributed by atoms with E-state index in [2.05, 4.69) is 5.32 Å². The highest BCUT2D eigenvalue weighted by Gasteiger charge is 2.50. The van der Waals surface area contributed by atoms with Crippen LogP contribution in [-0.2, 0) is 0 Å². The van der Waals surface area contributed by atoms with Crippen LogP contribution in [-0.4, -0.2) is 18.3 Å². The van der Waals surface area contributed by atoms with E-state index in [-0.39, 0.29) is 6.04 Å². The lowest BCUT2D eigenvalue weighted by Crippen LogP contribution is -2.33. The van der Waals surface area contributed by atoms with Gasteiger partial charge in [0.2, 0.25) is 0 Å². The smallest absolute Gasteiger partial charge is 0.126 e. The van der Waals surface area contributed by atoms with E-state index in [0.717, 1.165) is 32.2 Å². The van der Waals surface area contributed by atoms with Gasteiger partial charge in [-0.3, -0.25) is 0 Å². The van der Waals surface area contributed by atoms with E-state index >= 15 is 0 Å². The molecule has 1 aliphatic heterocycles. The summed E-state index contributed by atoms with van der Waals surface area (Å²) in [6, 6.07) is 0.206. The van der Waals surface area contributed by atoms with Gasteiger partial charge in [0, 0.05) is 6.04 Å². The number of hydrogen-bond donors (Lipinski definition) is 1. The first-order valence-electron chi connectivity index (χ1n) is 3.74. The Morgan fingerprint density at radius 2 is 2.22 bits per heavy atom. The molecule has 0 aromatic carbocycles. The van der Waals surface area contributed by atoms with Crippen LogP contribution in [0.15, 0.2) is 0 Å². The van der Waals surface area contributed by atoms with Crippen LogP contribution in [0.2, 0.25) is 0 Å². The van der Waals surface area contributed by atoms with Gasteiger partial charge in [-0.1, -0.05) is 0 Å². The molecule has 2 rings (SSSR count). The van der Waals surface area contributed by atoms with Gasteiger partial charge in [0.05, 0.1) is 0 Å². The molecule has 1 nitrogen and oxygen atoms in total. The normalized spacial score (nSPS) is 39.0. The summed E-state index contributed by atoms with van der Waals surface area (Å²) < 4.78 is 13.1. The first kappa shape index (κ1) is 5.66. The lowest BCUT2D eigenvalue weighted by atomic mass is 10.1. The molecule has 9 heavy (non-hydrogen) atoms. The average molecular weight is 129 g/mol. The highest BCUT2D eigenvalue weighted by Crippen LogP contribution is 2.45. The monoisotopic (exact) mass is 129 g/mol. The second kappa shape index (κ2) is 1.69. The molecule has 2 aliphatic rings. The Balaban J connectivity index is 1.97. The van der Waals surface area contributed by atoms with Gasteiger partial charge in [0.1, 0.15) is 5.67 Å². The predicted molar refractivity (Wildman–Crippen MR) is 34.1 cm³/mol. The summed E-state index contributed by atoms with van der Waals surface area (Å²) in [5, 5.41) is 3.18. The molecule has 1 unspecified atom stereocenters. The van der Waals surface area contributed by atoms with Crippen LogP contribution in [0.4, 0.5) is 4.39 Å². The topological polar surface area (TPSA) is 12.0 Å². The number of alkyl halides is 1. The standard InChI is InChI=1S/C7H12FN/c8-7(3-4-7)6-2-1-5-9-6/h6,9H,1-5H2. The van der Waals surface area contributed by atoms with E-state index in [1.165, 1.54) is 0 Å². The van der Waals surface area contributed by atoms with Crippen molar-refractivity contribution in [2.45, 2.75) is 37.4 Å². The Bertz CT molecular complexity index is 114. The zero-order chi connectivity index (χ0) is 6.32. The van der Waals surface area contributed by atoms with E-state index in [4.69, 9.17) is 0 Å². The van der Waals surface area contributed by atoms with E-state index in [9.17, 15) is 4.39 Å². The third-order valence-electron chi connectivity index (χ3n) is 2.41. The van der Waals surface area contributed by atoms with Gasteiger partial charge in [-0.2, -0.15) is 0 Å². The SMILES string of the molecule is FC1(C2CCCN2)CC1. The maximum Gasteiger partial charge on any atom is 0.126 e. The van der Waals surface area contributed by atoms with Crippen LogP contribution < -0.4 is 5.32 Å². The number of rotatable bonds is 1. The molecule has 0 spiro atoms. The van der Waals surface area contributed by atoms with Gasteiger partial charge in [-0.05, 0) is 32.2 Å². The lowest BCUT2D eigenvalue weighted by Gasteiger charge is -2.12. The van der Waals surface area contributed by atoms with Crippen molar-refractivity contribution >= 4 is 0 Å². The molecule has 1 saturated carbocycles. The molecule has 0 radical (unpaired) electrons. The van der Waals surface area contributed by atoms with Crippen LogP contribution in [0.3, 0.4) is 0 Å². The Kier molecular flexibility index (Phi) is 1.06. The van der Waals surface area contributed by atoms with Crippen molar-refractivity contribution in [2.75, 3.05) is 6.54 Å². The Morgan fingerprint density at radius 1 is 1.44 bits per heavy atom. The van der Waals surface area contributed by atoms with Crippen LogP contribution in [0.5, 0.6) is 0 Å². The van der Waals surface area contributed by atoms with Crippen molar-refractivity contribution < 1.29 is 4.39 Å². The van der Waals surface area contributed by atoms with Crippen molar-refractivity contribution in [3.05, 3.63) is 0 Å². The molecule has 2 heteroatoms. The highest BCUT2D eigenvalue weighted by molar-refractivity contribution is 5.05. The summed E-state index contributed by atoms with van der Waals surface area (Å²) in [6.45, 7) is 1.02. The second-order valence-corrected chi connectivity index (χ2v) is 3.18. The van der Waals surface area contributed by atoms with Crippen LogP contribution in [0.1, 0.15) is 25.7 Å². The summed E-state index contributed by atoms with van der Waals surface area (Å²) in [6.07, 6.45) is 3.81. The minimum Gasteiger partial charge on any atom is -0.311 e. The van der Waals surface area contributed by atoms with Gasteiger partial charge in [0.25, 0.3) is 0 Å². The van der Waals surface area contributed by atoms with Crippen LogP contribution in [0, 0.1) is 0 Å². The minimum atomic E-state index is -0.781. The van der Waals surface area contributed by atoms with Crippen molar-refractivity contribution in [3.8, 4) is 0 Å². The zero-order valence-corrected chi connectivity index (χ0v) is 5.49. The summed E-state index contributed by atoms with van der Waals surface area (Å²) in [4.78, 5) is 0. The van der Waals surface area contributed by atoms with Crippen molar-refractivity contribution in [3.63, 3.8) is 0 Å². The third kappa shape index (κ3) is 0.855. The summed E-state index contributed by atoms with van der Waals surface area (Å²) in [7, 11) is 0. The fourth-order valence-corrected chi connectivity index (χ4v) is 1.59. The first-order valence-corrected chi connectivity index (χ1v) is 3.74. The van der Waals surface area contributed by atoms with Gasteiger partial charge >= 0.3 is 0 Å². The van der Waals surface area contributed by atoms with E-state index in [0.29, 0.717) is 0 Å². The van der Waals surface area contributed by atoms with Crippen molar-refractivity contribution in [1.82, 2.24) is 5.32 Å². The molecule has 0 aromatic heterocycles. The fraction of sp³-hybridized carbons (Fsp3) is 1.00. The molecule has 2 fully saturated rings. The Hall–Kier alpha value is -0.110. The van der Waals surface area contributed by atoms with E-state index in [1.54, 1.807) is 0 Å². The fourth-order valence-electron chi connectivity index (χ4n) is 1.59. The average Bonchev–Trinajstić information content (AvgIpc) is 2.46. The van der Waals surface area contributed by atoms with E-state index < -0.39 is 5.67 Å². The molecular formula is C7H12FN. The summed E-state index contributed by atoms with van der Waals surface area (Å²) in [5.74, 6) is 0. The maximum absolute atomic E-state index is 13.1. The van der Waals surface area contributed by atoms with Crippen LogP contribution in [0.25, 0.3) is 0 Å². The maximum atomic E-state index is 13.1. The highest BCUT2D eigenvalue weighted by atomic mass is 19.1. The van der Waals surface area contributed by atoms with Gasteiger partial charge in [-0.25, -0.2) is 4.39 Å². The first-order chi connectivity index (χ1) is 4.31. The molecule has 0 bridgehead atoms. The largest absolute Gasteiger partial charge is 0.311 e. The molecule has 1 aliphatic carbocycles. The number of nitrogens with one attached hydrogen (secondary N) is 1. The molecule has 0 amide bonds. The lowest BCUT2D eigenvalue weighted by molar-refractivity contribution is 0.240. The second-order valence-electron chi connectivity index (χ2n) is 3.18. The Morgan fingerprint density at radius 3 is 2.67 bits per heavy atom. The molecule has 0 aromatic rings. The number of hydrogen-bond acceptors (Lipinski definition) is 1. The molecule has 1 N–H and O–H groups in total. The quantitative estimate of drug-likeness (QED) is 0.561. The molecule has 1 heterocycles. The molecular weight excluding hydrogens is 117 g/mol. The molecule has 1 saturated heterocycles. The zero-order valence-electron chi connectivity index (χ0n) is 5.49. The molecule has 1 atom stereocenters. The summed E-state index contributed by atoms with van der Waals surface area (Å²) in [5.41, 5.74) is -0.781. The van der Waals surface area contributed by atoms with E-state index in [1.807, 2.05) is 0 Å². The van der Waals surface area contributed by atoms with Gasteiger partial charge < -0.3 is 5.32 Å². The predicted octanol–water partition coefficient (Wildman–Crippen LogP) is 1.24.